The van der Waals surface area contributed by atoms with Crippen molar-refractivity contribution >= 4 is 0 Å². The van der Waals surface area contributed by atoms with E-state index in [1.165, 1.54) is 51.4 Å². The summed E-state index contributed by atoms with van der Waals surface area (Å²) in [6.45, 7) is 19.5. The first-order valence-corrected chi connectivity index (χ1v) is 11.3. The second-order valence-electron chi connectivity index (χ2n) is 9.73. The zero-order valence-corrected chi connectivity index (χ0v) is 18.3. The fourth-order valence-electron chi connectivity index (χ4n) is 4.95. The van der Waals surface area contributed by atoms with Crippen LogP contribution in [-0.4, -0.2) is 0 Å². The van der Waals surface area contributed by atoms with Crippen LogP contribution in [0.3, 0.4) is 0 Å². The monoisotopic (exact) mass is 336 g/mol. The van der Waals surface area contributed by atoms with Crippen molar-refractivity contribution in [1.29, 1.82) is 0 Å². The molecule has 1 aliphatic carbocycles. The minimum Gasteiger partial charge on any atom is -0.0654 e. The van der Waals surface area contributed by atoms with Gasteiger partial charge >= 0.3 is 0 Å². The van der Waals surface area contributed by atoms with E-state index in [-0.39, 0.29) is 0 Å². The van der Waals surface area contributed by atoms with Crippen LogP contribution in [0.4, 0.5) is 0 Å². The molecule has 0 aromatic carbocycles. The Labute approximate surface area is 154 Å². The lowest BCUT2D eigenvalue weighted by Crippen LogP contribution is -2.16. The van der Waals surface area contributed by atoms with Gasteiger partial charge in [0, 0.05) is 0 Å². The fourth-order valence-corrected chi connectivity index (χ4v) is 4.95. The van der Waals surface area contributed by atoms with Crippen LogP contribution in [0.2, 0.25) is 0 Å². The predicted molar refractivity (Wildman–Crippen MR) is 110 cm³/mol. The van der Waals surface area contributed by atoms with Crippen molar-refractivity contribution in [3.63, 3.8) is 0 Å². The van der Waals surface area contributed by atoms with Gasteiger partial charge in [0.25, 0.3) is 0 Å². The third kappa shape index (κ3) is 7.09. The molecular weight excluding hydrogens is 288 g/mol. The summed E-state index contributed by atoms with van der Waals surface area (Å²) in [5.74, 6) is 7.66. The highest BCUT2D eigenvalue weighted by molar-refractivity contribution is 4.92. The molecule has 1 aliphatic rings. The van der Waals surface area contributed by atoms with E-state index < -0.39 is 0 Å². The third-order valence-corrected chi connectivity index (χ3v) is 7.67. The van der Waals surface area contributed by atoms with Gasteiger partial charge in [0.1, 0.15) is 0 Å². The summed E-state index contributed by atoms with van der Waals surface area (Å²) < 4.78 is 0. The van der Waals surface area contributed by atoms with Crippen LogP contribution in [0.25, 0.3) is 0 Å². The van der Waals surface area contributed by atoms with Crippen molar-refractivity contribution in [2.24, 2.45) is 47.3 Å². The molecule has 0 heteroatoms. The largest absolute Gasteiger partial charge is 0.0654 e. The lowest BCUT2D eigenvalue weighted by Gasteiger charge is -2.26. The second-order valence-corrected chi connectivity index (χ2v) is 9.73. The molecule has 24 heavy (non-hydrogen) atoms. The molecule has 0 heterocycles. The Balaban J connectivity index is 2.44. The van der Waals surface area contributed by atoms with Crippen molar-refractivity contribution in [3.8, 4) is 0 Å². The van der Waals surface area contributed by atoms with Gasteiger partial charge in [-0.05, 0) is 73.0 Å². The number of rotatable bonds is 13. The van der Waals surface area contributed by atoms with Gasteiger partial charge in [0.15, 0.2) is 0 Å². The van der Waals surface area contributed by atoms with Crippen LogP contribution in [0, 0.1) is 47.3 Å². The molecule has 0 N–H and O–H groups in total. The summed E-state index contributed by atoms with van der Waals surface area (Å²) in [6, 6.07) is 0. The highest BCUT2D eigenvalue weighted by Gasteiger charge is 2.43. The van der Waals surface area contributed by atoms with Crippen molar-refractivity contribution in [2.45, 2.75) is 107 Å². The first kappa shape index (κ1) is 22.0. The lowest BCUT2D eigenvalue weighted by atomic mass is 9.80. The Morgan fingerprint density at radius 3 is 2.00 bits per heavy atom. The minimum absolute atomic E-state index is 0.897. The predicted octanol–water partition coefficient (Wildman–Crippen LogP) is 8.21. The fraction of sp³-hybridized carbons (Fsp3) is 1.00. The Kier molecular flexibility index (Phi) is 9.98. The average molecular weight is 337 g/mol. The van der Waals surface area contributed by atoms with Crippen molar-refractivity contribution in [1.82, 2.24) is 0 Å². The highest BCUT2D eigenvalue weighted by Crippen LogP contribution is 2.52. The maximum Gasteiger partial charge on any atom is -0.0355 e. The van der Waals surface area contributed by atoms with E-state index in [0.717, 1.165) is 47.3 Å². The van der Waals surface area contributed by atoms with E-state index >= 15 is 0 Å². The SMILES string of the molecule is CCCC(CC(C)C(C)CC)CC1CC1C(C)C(C)CC(C)CC. The van der Waals surface area contributed by atoms with E-state index in [2.05, 4.69) is 55.4 Å². The van der Waals surface area contributed by atoms with Crippen molar-refractivity contribution in [3.05, 3.63) is 0 Å². The molecule has 8 atom stereocenters. The van der Waals surface area contributed by atoms with E-state index in [4.69, 9.17) is 0 Å². The minimum atomic E-state index is 0.897. The smallest absolute Gasteiger partial charge is 0.0355 e. The van der Waals surface area contributed by atoms with Gasteiger partial charge in [-0.2, -0.15) is 0 Å². The van der Waals surface area contributed by atoms with Crippen molar-refractivity contribution in [2.75, 3.05) is 0 Å². The van der Waals surface area contributed by atoms with Crippen LogP contribution in [0.5, 0.6) is 0 Å². The first-order chi connectivity index (χ1) is 11.3. The quantitative estimate of drug-likeness (QED) is 0.318. The summed E-state index contributed by atoms with van der Waals surface area (Å²) in [5, 5.41) is 0. The standard InChI is InChI=1S/C24H48/c1-9-12-22(14-19(6)18(5)11-3)15-23-16-24(23)21(8)20(7)13-17(4)10-2/h17-24H,9-16H2,1-8H3. The van der Waals surface area contributed by atoms with Crippen LogP contribution in [-0.2, 0) is 0 Å². The van der Waals surface area contributed by atoms with Gasteiger partial charge in [-0.15, -0.1) is 0 Å². The van der Waals surface area contributed by atoms with Gasteiger partial charge in [-0.25, -0.2) is 0 Å². The maximum atomic E-state index is 2.55. The molecule has 144 valence electrons. The van der Waals surface area contributed by atoms with E-state index in [1.807, 2.05) is 0 Å². The Morgan fingerprint density at radius 2 is 1.46 bits per heavy atom. The van der Waals surface area contributed by atoms with Gasteiger partial charge in [0.05, 0.1) is 0 Å². The van der Waals surface area contributed by atoms with Crippen LogP contribution < -0.4 is 0 Å². The molecule has 0 bridgehead atoms. The molecule has 1 rings (SSSR count). The molecule has 8 unspecified atom stereocenters. The Bertz CT molecular complexity index is 320. The summed E-state index contributed by atoms with van der Waals surface area (Å²) in [6.07, 6.45) is 11.5. The number of hydrogen-bond acceptors (Lipinski definition) is 0. The molecule has 0 amide bonds. The highest BCUT2D eigenvalue weighted by atomic mass is 14.5. The molecule has 0 aliphatic heterocycles. The van der Waals surface area contributed by atoms with Crippen molar-refractivity contribution < 1.29 is 0 Å². The van der Waals surface area contributed by atoms with Gasteiger partial charge in [-0.3, -0.25) is 0 Å². The van der Waals surface area contributed by atoms with Gasteiger partial charge < -0.3 is 0 Å². The topological polar surface area (TPSA) is 0 Å². The van der Waals surface area contributed by atoms with Crippen LogP contribution >= 0.6 is 0 Å². The zero-order chi connectivity index (χ0) is 18.3. The molecular formula is C24H48. The summed E-state index contributed by atoms with van der Waals surface area (Å²) >= 11 is 0. The molecule has 0 aromatic heterocycles. The average Bonchev–Trinajstić information content (AvgIpc) is 3.32. The molecule has 1 fully saturated rings. The normalized spacial score (nSPS) is 28.0. The Morgan fingerprint density at radius 1 is 0.792 bits per heavy atom. The summed E-state index contributed by atoms with van der Waals surface area (Å²) in [5.41, 5.74) is 0. The summed E-state index contributed by atoms with van der Waals surface area (Å²) in [7, 11) is 0. The molecule has 0 nitrogen and oxygen atoms in total. The van der Waals surface area contributed by atoms with Gasteiger partial charge in [-0.1, -0.05) is 81.1 Å². The molecule has 0 radical (unpaired) electrons. The van der Waals surface area contributed by atoms with E-state index in [1.54, 1.807) is 0 Å². The van der Waals surface area contributed by atoms with Crippen LogP contribution in [0.15, 0.2) is 0 Å². The van der Waals surface area contributed by atoms with Crippen LogP contribution in [0.1, 0.15) is 107 Å². The molecule has 1 saturated carbocycles. The number of hydrogen-bond donors (Lipinski definition) is 0. The first-order valence-electron chi connectivity index (χ1n) is 11.3. The maximum absolute atomic E-state index is 2.55. The lowest BCUT2D eigenvalue weighted by molar-refractivity contribution is 0.245. The molecule has 0 aromatic rings. The van der Waals surface area contributed by atoms with E-state index in [9.17, 15) is 0 Å². The van der Waals surface area contributed by atoms with E-state index in [0.29, 0.717) is 0 Å². The zero-order valence-electron chi connectivity index (χ0n) is 18.3. The summed E-state index contributed by atoms with van der Waals surface area (Å²) in [4.78, 5) is 0. The molecule has 0 saturated heterocycles. The second kappa shape index (κ2) is 10.9. The third-order valence-electron chi connectivity index (χ3n) is 7.67. The Hall–Kier alpha value is 0. The molecule has 0 spiro atoms. The van der Waals surface area contributed by atoms with Gasteiger partial charge in [0.2, 0.25) is 0 Å².